The first-order chi connectivity index (χ1) is 8.24. The molecule has 0 aliphatic carbocycles. The van der Waals surface area contributed by atoms with E-state index in [1.54, 1.807) is 37.6 Å². The van der Waals surface area contributed by atoms with Gasteiger partial charge in [-0.2, -0.15) is 0 Å². The second kappa shape index (κ2) is 5.12. The van der Waals surface area contributed by atoms with E-state index in [0.29, 0.717) is 22.3 Å². The standard InChI is InChI=1S/C12H11ClN2O2/c1-17-11-6-8(13)2-3-10(11)12-14-5-4-9(7-16)15-12/h2-6,16H,7H2,1H3. The summed E-state index contributed by atoms with van der Waals surface area (Å²) < 4.78 is 5.23. The summed E-state index contributed by atoms with van der Waals surface area (Å²) in [5, 5.41) is 9.62. The predicted octanol–water partition coefficient (Wildman–Crippen LogP) is 2.30. The maximum atomic E-state index is 9.04. The van der Waals surface area contributed by atoms with E-state index in [9.17, 15) is 0 Å². The summed E-state index contributed by atoms with van der Waals surface area (Å²) in [6.07, 6.45) is 1.60. The molecule has 1 aromatic heterocycles. The second-order valence-electron chi connectivity index (χ2n) is 3.37. The Morgan fingerprint density at radius 3 is 2.88 bits per heavy atom. The maximum absolute atomic E-state index is 9.04. The van der Waals surface area contributed by atoms with Crippen molar-refractivity contribution < 1.29 is 9.84 Å². The molecule has 1 heterocycles. The maximum Gasteiger partial charge on any atom is 0.163 e. The van der Waals surface area contributed by atoms with Crippen molar-refractivity contribution >= 4 is 11.6 Å². The molecule has 1 N–H and O–H groups in total. The van der Waals surface area contributed by atoms with Gasteiger partial charge < -0.3 is 9.84 Å². The van der Waals surface area contributed by atoms with Gasteiger partial charge in [0.25, 0.3) is 0 Å². The lowest BCUT2D eigenvalue weighted by atomic mass is 10.2. The summed E-state index contributed by atoms with van der Waals surface area (Å²) in [5.74, 6) is 1.11. The van der Waals surface area contributed by atoms with Crippen molar-refractivity contribution in [2.24, 2.45) is 0 Å². The number of rotatable bonds is 3. The second-order valence-corrected chi connectivity index (χ2v) is 3.81. The average Bonchev–Trinajstić information content (AvgIpc) is 2.38. The van der Waals surface area contributed by atoms with Gasteiger partial charge in [-0.3, -0.25) is 0 Å². The normalized spacial score (nSPS) is 10.3. The molecular weight excluding hydrogens is 240 g/mol. The summed E-state index contributed by atoms with van der Waals surface area (Å²) in [5.41, 5.74) is 1.30. The van der Waals surface area contributed by atoms with Crippen LogP contribution in [0.1, 0.15) is 5.69 Å². The molecule has 0 radical (unpaired) electrons. The largest absolute Gasteiger partial charge is 0.496 e. The van der Waals surface area contributed by atoms with Crippen molar-refractivity contribution in [3.8, 4) is 17.1 Å². The Kier molecular flexibility index (Phi) is 3.56. The van der Waals surface area contributed by atoms with Gasteiger partial charge in [0, 0.05) is 11.2 Å². The summed E-state index contributed by atoms with van der Waals surface area (Å²) in [4.78, 5) is 8.37. The minimum Gasteiger partial charge on any atom is -0.496 e. The first kappa shape index (κ1) is 11.8. The van der Waals surface area contributed by atoms with E-state index in [4.69, 9.17) is 21.4 Å². The van der Waals surface area contributed by atoms with Crippen LogP contribution in [0, 0.1) is 0 Å². The van der Waals surface area contributed by atoms with Crippen LogP contribution in [0.5, 0.6) is 5.75 Å². The van der Waals surface area contributed by atoms with Crippen LogP contribution in [0.15, 0.2) is 30.5 Å². The average molecular weight is 251 g/mol. The highest BCUT2D eigenvalue weighted by molar-refractivity contribution is 6.30. The van der Waals surface area contributed by atoms with Crippen LogP contribution in [-0.2, 0) is 6.61 Å². The molecule has 0 amide bonds. The molecule has 0 bridgehead atoms. The van der Waals surface area contributed by atoms with Gasteiger partial charge in [-0.1, -0.05) is 11.6 Å². The number of nitrogens with zero attached hydrogens (tertiary/aromatic N) is 2. The topological polar surface area (TPSA) is 55.2 Å². The highest BCUT2D eigenvalue weighted by atomic mass is 35.5. The Morgan fingerprint density at radius 2 is 2.18 bits per heavy atom. The lowest BCUT2D eigenvalue weighted by Gasteiger charge is -2.08. The molecule has 88 valence electrons. The molecule has 0 atom stereocenters. The van der Waals surface area contributed by atoms with E-state index in [2.05, 4.69) is 9.97 Å². The molecule has 0 aliphatic heterocycles. The van der Waals surface area contributed by atoms with Crippen LogP contribution in [-0.4, -0.2) is 22.2 Å². The number of aromatic nitrogens is 2. The van der Waals surface area contributed by atoms with E-state index in [0.717, 1.165) is 5.56 Å². The zero-order chi connectivity index (χ0) is 12.3. The van der Waals surface area contributed by atoms with Crippen LogP contribution in [0.2, 0.25) is 5.02 Å². The SMILES string of the molecule is COc1cc(Cl)ccc1-c1nccc(CO)n1. The molecule has 0 saturated heterocycles. The van der Waals surface area contributed by atoms with E-state index in [1.807, 2.05) is 0 Å². The van der Waals surface area contributed by atoms with Crippen molar-refractivity contribution in [2.75, 3.05) is 7.11 Å². The van der Waals surface area contributed by atoms with Gasteiger partial charge in [0.1, 0.15) is 5.75 Å². The van der Waals surface area contributed by atoms with Crippen LogP contribution >= 0.6 is 11.6 Å². The monoisotopic (exact) mass is 250 g/mol. The van der Waals surface area contributed by atoms with Crippen LogP contribution < -0.4 is 4.74 Å². The Bertz CT molecular complexity index is 532. The quantitative estimate of drug-likeness (QED) is 0.908. The first-order valence-corrected chi connectivity index (χ1v) is 5.39. The Hall–Kier alpha value is -1.65. The van der Waals surface area contributed by atoms with Gasteiger partial charge in [0.15, 0.2) is 5.82 Å². The Balaban J connectivity index is 2.51. The lowest BCUT2D eigenvalue weighted by Crippen LogP contribution is -1.96. The highest BCUT2D eigenvalue weighted by Gasteiger charge is 2.09. The summed E-state index contributed by atoms with van der Waals surface area (Å²) >= 11 is 5.88. The van der Waals surface area contributed by atoms with E-state index >= 15 is 0 Å². The number of ether oxygens (including phenoxy) is 1. The van der Waals surface area contributed by atoms with Gasteiger partial charge in [-0.05, 0) is 24.3 Å². The number of aliphatic hydroxyl groups is 1. The number of hydrogen-bond donors (Lipinski definition) is 1. The molecule has 0 aliphatic rings. The summed E-state index contributed by atoms with van der Waals surface area (Å²) in [7, 11) is 1.56. The minimum absolute atomic E-state index is 0.120. The first-order valence-electron chi connectivity index (χ1n) is 5.01. The Labute approximate surface area is 104 Å². The number of halogens is 1. The van der Waals surface area contributed by atoms with Gasteiger partial charge in [-0.25, -0.2) is 9.97 Å². The molecule has 5 heteroatoms. The molecule has 4 nitrogen and oxygen atoms in total. The molecule has 0 unspecified atom stereocenters. The van der Waals surface area contributed by atoms with E-state index in [1.165, 1.54) is 0 Å². The van der Waals surface area contributed by atoms with Crippen molar-refractivity contribution in [3.05, 3.63) is 41.2 Å². The third-order valence-corrected chi connectivity index (χ3v) is 2.51. The highest BCUT2D eigenvalue weighted by Crippen LogP contribution is 2.30. The van der Waals surface area contributed by atoms with Crippen molar-refractivity contribution in [2.45, 2.75) is 6.61 Å². The molecule has 0 fully saturated rings. The molecule has 1 aromatic carbocycles. The van der Waals surface area contributed by atoms with Gasteiger partial charge in [0.05, 0.1) is 25.0 Å². The molecule has 2 rings (SSSR count). The fourth-order valence-electron chi connectivity index (χ4n) is 1.46. The molecule has 0 saturated carbocycles. The smallest absolute Gasteiger partial charge is 0.163 e. The predicted molar refractivity (Wildman–Crippen MR) is 65.0 cm³/mol. The van der Waals surface area contributed by atoms with Crippen molar-refractivity contribution in [3.63, 3.8) is 0 Å². The molecule has 17 heavy (non-hydrogen) atoms. The minimum atomic E-state index is -0.120. The third-order valence-electron chi connectivity index (χ3n) is 2.28. The number of benzene rings is 1. The van der Waals surface area contributed by atoms with Gasteiger partial charge >= 0.3 is 0 Å². The zero-order valence-electron chi connectivity index (χ0n) is 9.22. The van der Waals surface area contributed by atoms with Crippen molar-refractivity contribution in [1.29, 1.82) is 0 Å². The summed E-state index contributed by atoms with van der Waals surface area (Å²) in [6.45, 7) is -0.120. The number of aliphatic hydroxyl groups excluding tert-OH is 1. The fourth-order valence-corrected chi connectivity index (χ4v) is 1.63. The number of hydrogen-bond acceptors (Lipinski definition) is 4. The fraction of sp³-hybridized carbons (Fsp3) is 0.167. The van der Waals surface area contributed by atoms with E-state index in [-0.39, 0.29) is 6.61 Å². The number of methoxy groups -OCH3 is 1. The molecule has 2 aromatic rings. The third kappa shape index (κ3) is 2.54. The summed E-state index contributed by atoms with van der Waals surface area (Å²) in [6, 6.07) is 6.89. The lowest BCUT2D eigenvalue weighted by molar-refractivity contribution is 0.277. The van der Waals surface area contributed by atoms with Crippen molar-refractivity contribution in [1.82, 2.24) is 9.97 Å². The van der Waals surface area contributed by atoms with Crippen LogP contribution in [0.25, 0.3) is 11.4 Å². The Morgan fingerprint density at radius 1 is 1.35 bits per heavy atom. The zero-order valence-corrected chi connectivity index (χ0v) is 9.98. The van der Waals surface area contributed by atoms with Crippen LogP contribution in [0.3, 0.4) is 0 Å². The van der Waals surface area contributed by atoms with E-state index < -0.39 is 0 Å². The van der Waals surface area contributed by atoms with Gasteiger partial charge in [0.2, 0.25) is 0 Å². The van der Waals surface area contributed by atoms with Crippen LogP contribution in [0.4, 0.5) is 0 Å². The van der Waals surface area contributed by atoms with Gasteiger partial charge in [-0.15, -0.1) is 0 Å². The molecular formula is C12H11ClN2O2. The molecule has 0 spiro atoms.